The Hall–Kier alpha value is -2.66. The molecule has 2 aliphatic heterocycles. The molecule has 1 saturated heterocycles. The molecule has 5 nitrogen and oxygen atoms in total. The summed E-state index contributed by atoms with van der Waals surface area (Å²) in [5.74, 6) is 0.284. The van der Waals surface area contributed by atoms with E-state index in [2.05, 4.69) is 17.4 Å². The minimum absolute atomic E-state index is 0.0961. The molecule has 4 rings (SSSR count). The first-order valence-corrected chi connectivity index (χ1v) is 10.2. The Morgan fingerprint density at radius 2 is 1.86 bits per heavy atom. The summed E-state index contributed by atoms with van der Waals surface area (Å²) in [4.78, 5) is 29.0. The molecule has 5 heteroatoms. The van der Waals surface area contributed by atoms with Crippen LogP contribution in [-0.2, 0) is 22.6 Å². The molecule has 0 radical (unpaired) electrons. The van der Waals surface area contributed by atoms with Crippen LogP contribution in [0.2, 0.25) is 0 Å². The smallest absolute Gasteiger partial charge is 0.244 e. The summed E-state index contributed by atoms with van der Waals surface area (Å²) >= 11 is 0. The molecule has 0 aliphatic carbocycles. The predicted molar refractivity (Wildman–Crippen MR) is 111 cm³/mol. The molecule has 146 valence electrons. The van der Waals surface area contributed by atoms with Crippen molar-refractivity contribution in [2.45, 2.75) is 45.2 Å². The number of hydrogen-bond acceptors (Lipinski definition) is 3. The molecule has 0 unspecified atom stereocenters. The topological polar surface area (TPSA) is 52.7 Å². The molecule has 2 aromatic rings. The van der Waals surface area contributed by atoms with E-state index in [1.165, 1.54) is 11.1 Å². The lowest BCUT2D eigenvalue weighted by atomic mass is 9.95. The van der Waals surface area contributed by atoms with Crippen LogP contribution in [0.25, 0.3) is 0 Å². The van der Waals surface area contributed by atoms with Gasteiger partial charge in [0.25, 0.3) is 0 Å². The molecule has 0 aromatic heterocycles. The maximum Gasteiger partial charge on any atom is 0.244 e. The van der Waals surface area contributed by atoms with Gasteiger partial charge in [-0.3, -0.25) is 9.59 Å². The van der Waals surface area contributed by atoms with Crippen LogP contribution in [0.3, 0.4) is 0 Å². The van der Waals surface area contributed by atoms with Crippen LogP contribution in [0.5, 0.6) is 0 Å². The molecule has 2 aromatic carbocycles. The first-order valence-electron chi connectivity index (χ1n) is 10.2. The molecule has 1 fully saturated rings. The summed E-state index contributed by atoms with van der Waals surface area (Å²) in [6.45, 7) is 4.11. The third-order valence-corrected chi connectivity index (χ3v) is 5.76. The molecule has 0 saturated carbocycles. The number of carbonyl (C=O) groups is 2. The van der Waals surface area contributed by atoms with Gasteiger partial charge in [-0.25, -0.2) is 0 Å². The lowest BCUT2D eigenvalue weighted by Crippen LogP contribution is -2.49. The molecule has 2 heterocycles. The van der Waals surface area contributed by atoms with E-state index in [1.807, 2.05) is 53.1 Å². The quantitative estimate of drug-likeness (QED) is 0.890. The monoisotopic (exact) mass is 377 g/mol. The number of carbonyl (C=O) groups excluding carboxylic acids is 2. The van der Waals surface area contributed by atoms with E-state index in [4.69, 9.17) is 0 Å². The van der Waals surface area contributed by atoms with Crippen molar-refractivity contribution in [1.29, 1.82) is 0 Å². The van der Waals surface area contributed by atoms with Crippen LogP contribution >= 0.6 is 0 Å². The fourth-order valence-corrected chi connectivity index (χ4v) is 4.17. The number of nitrogens with one attached hydrogen (secondary N) is 1. The minimum atomic E-state index is -0.210. The zero-order chi connectivity index (χ0) is 19.5. The van der Waals surface area contributed by atoms with Gasteiger partial charge in [0.15, 0.2) is 0 Å². The van der Waals surface area contributed by atoms with Gasteiger partial charge < -0.3 is 15.1 Å². The van der Waals surface area contributed by atoms with Crippen molar-refractivity contribution in [3.63, 3.8) is 0 Å². The van der Waals surface area contributed by atoms with Gasteiger partial charge in [0.2, 0.25) is 11.8 Å². The summed E-state index contributed by atoms with van der Waals surface area (Å²) < 4.78 is 0. The molecule has 28 heavy (non-hydrogen) atoms. The number of piperidine rings is 1. The highest BCUT2D eigenvalue weighted by Gasteiger charge is 2.28. The number of fused-ring (bicyclic) bond motifs is 1. The molecule has 0 bridgehead atoms. The Labute approximate surface area is 166 Å². The molecule has 2 aliphatic rings. The maximum absolute atomic E-state index is 13.2. The Morgan fingerprint density at radius 1 is 1.11 bits per heavy atom. The number of anilines is 2. The largest absolute Gasteiger partial charge is 0.312 e. The number of likely N-dealkylation sites (N-methyl/N-ethyl adjacent to an activating group) is 1. The number of nitrogens with zero attached hydrogens (tertiary/aromatic N) is 2. The van der Waals surface area contributed by atoms with Crippen LogP contribution in [0, 0.1) is 0 Å². The van der Waals surface area contributed by atoms with Crippen molar-refractivity contribution in [2.24, 2.45) is 0 Å². The Bertz CT molecular complexity index is 862. The van der Waals surface area contributed by atoms with Gasteiger partial charge in [0.1, 0.15) is 0 Å². The second-order valence-corrected chi connectivity index (χ2v) is 7.51. The molecule has 1 atom stereocenters. The highest BCUT2D eigenvalue weighted by Crippen LogP contribution is 2.25. The van der Waals surface area contributed by atoms with E-state index in [0.717, 1.165) is 37.3 Å². The van der Waals surface area contributed by atoms with Crippen molar-refractivity contribution in [1.82, 2.24) is 5.32 Å². The number of benzene rings is 2. The van der Waals surface area contributed by atoms with E-state index >= 15 is 0 Å². The normalized spacial score (nSPS) is 19.2. The second-order valence-electron chi connectivity index (χ2n) is 7.51. The van der Waals surface area contributed by atoms with Crippen molar-refractivity contribution < 1.29 is 9.59 Å². The fraction of sp³-hybridized carbons (Fsp3) is 0.391. The predicted octanol–water partition coefficient (Wildman–Crippen LogP) is 3.27. The van der Waals surface area contributed by atoms with E-state index in [-0.39, 0.29) is 17.9 Å². The van der Waals surface area contributed by atoms with Crippen LogP contribution in [-0.4, -0.2) is 30.9 Å². The Balaban J connectivity index is 1.49. The fourth-order valence-electron chi connectivity index (χ4n) is 4.17. The average Bonchev–Trinajstić information content (AvgIpc) is 2.75. The van der Waals surface area contributed by atoms with Crippen LogP contribution in [0.1, 0.15) is 37.3 Å². The molecule has 2 amide bonds. The standard InChI is InChI=1S/C23H27N3O2/c1-2-25(23(28)21-15-17-7-3-4-8-18(17)16-24-21)19-10-12-20(13-11-19)26-14-6-5-9-22(26)27/h3-4,7-8,10-13,21,24H,2,5-6,9,14-16H2,1H3/t21-/m0/s1. The van der Waals surface area contributed by atoms with Gasteiger partial charge >= 0.3 is 0 Å². The summed E-state index contributed by atoms with van der Waals surface area (Å²) in [7, 11) is 0. The Kier molecular flexibility index (Phi) is 5.44. The maximum atomic E-state index is 13.2. The molecule has 1 N–H and O–H groups in total. The summed E-state index contributed by atoms with van der Waals surface area (Å²) in [5.41, 5.74) is 4.31. The van der Waals surface area contributed by atoms with Crippen LogP contribution < -0.4 is 15.1 Å². The minimum Gasteiger partial charge on any atom is -0.312 e. The molecular formula is C23H27N3O2. The number of rotatable bonds is 4. The highest BCUT2D eigenvalue weighted by atomic mass is 16.2. The van der Waals surface area contributed by atoms with E-state index < -0.39 is 0 Å². The SMILES string of the molecule is CCN(C(=O)[C@@H]1Cc2ccccc2CN1)c1ccc(N2CCCCC2=O)cc1. The first kappa shape index (κ1) is 18.7. The zero-order valence-electron chi connectivity index (χ0n) is 16.4. The van der Waals surface area contributed by atoms with Crippen molar-refractivity contribution in [3.8, 4) is 0 Å². The van der Waals surface area contributed by atoms with Crippen molar-refractivity contribution >= 4 is 23.2 Å². The highest BCUT2D eigenvalue weighted by molar-refractivity contribution is 5.98. The first-order chi connectivity index (χ1) is 13.7. The number of hydrogen-bond donors (Lipinski definition) is 1. The Morgan fingerprint density at radius 3 is 2.57 bits per heavy atom. The van der Waals surface area contributed by atoms with Crippen LogP contribution in [0.4, 0.5) is 11.4 Å². The third kappa shape index (κ3) is 3.67. The molecule has 0 spiro atoms. The van der Waals surface area contributed by atoms with Gasteiger partial charge in [-0.15, -0.1) is 0 Å². The lowest BCUT2D eigenvalue weighted by Gasteiger charge is -2.31. The van der Waals surface area contributed by atoms with Gasteiger partial charge in [0.05, 0.1) is 6.04 Å². The van der Waals surface area contributed by atoms with Crippen molar-refractivity contribution in [2.75, 3.05) is 22.9 Å². The van der Waals surface area contributed by atoms with Gasteiger partial charge in [-0.2, -0.15) is 0 Å². The van der Waals surface area contributed by atoms with Crippen LogP contribution in [0.15, 0.2) is 48.5 Å². The average molecular weight is 377 g/mol. The summed E-state index contributed by atoms with van der Waals surface area (Å²) in [6.07, 6.45) is 3.35. The summed E-state index contributed by atoms with van der Waals surface area (Å²) in [5, 5.41) is 3.38. The number of amides is 2. The van der Waals surface area contributed by atoms with Gasteiger partial charge in [-0.1, -0.05) is 24.3 Å². The van der Waals surface area contributed by atoms with Crippen molar-refractivity contribution in [3.05, 3.63) is 59.7 Å². The van der Waals surface area contributed by atoms with E-state index in [9.17, 15) is 9.59 Å². The third-order valence-electron chi connectivity index (χ3n) is 5.76. The van der Waals surface area contributed by atoms with Gasteiger partial charge in [0, 0.05) is 37.4 Å². The van der Waals surface area contributed by atoms with E-state index in [0.29, 0.717) is 19.4 Å². The molecular weight excluding hydrogens is 350 g/mol. The summed E-state index contributed by atoms with van der Waals surface area (Å²) in [6, 6.07) is 15.9. The second kappa shape index (κ2) is 8.15. The zero-order valence-corrected chi connectivity index (χ0v) is 16.4. The van der Waals surface area contributed by atoms with E-state index in [1.54, 1.807) is 0 Å². The lowest BCUT2D eigenvalue weighted by molar-refractivity contribution is -0.121. The van der Waals surface area contributed by atoms with Gasteiger partial charge in [-0.05, 0) is 61.6 Å².